The highest BCUT2D eigenvalue weighted by atomic mass is 32.2. The molecule has 2 aromatic heterocycles. The second-order valence-electron chi connectivity index (χ2n) is 7.70. The van der Waals surface area contributed by atoms with Crippen molar-refractivity contribution >= 4 is 23.6 Å². The lowest BCUT2D eigenvalue weighted by molar-refractivity contribution is -0.123. The number of carbonyl (C=O) groups excluding carboxylic acids is 2. The maximum atomic E-state index is 14.0. The Morgan fingerprint density at radius 2 is 2.06 bits per heavy atom. The molecule has 0 radical (unpaired) electrons. The second kappa shape index (κ2) is 7.93. The molecule has 5 rings (SSSR count). The van der Waals surface area contributed by atoms with Crippen LogP contribution in [0.15, 0.2) is 52.2 Å². The molecule has 0 aliphatic carbocycles. The third kappa shape index (κ3) is 3.66. The summed E-state index contributed by atoms with van der Waals surface area (Å²) in [5, 5.41) is 4.27. The summed E-state index contributed by atoms with van der Waals surface area (Å²) >= 11 is 1.31. The number of thioether (sulfide) groups is 1. The fraction of sp³-hybridized carbons (Fsp3) is 0.333. The van der Waals surface area contributed by atoms with Gasteiger partial charge in [-0.05, 0) is 55.8 Å². The topological polar surface area (TPSA) is 107 Å². The Hall–Kier alpha value is -2.98. The fourth-order valence-corrected chi connectivity index (χ4v) is 5.50. The lowest BCUT2D eigenvalue weighted by Gasteiger charge is -2.38. The van der Waals surface area contributed by atoms with Crippen molar-refractivity contribution < 1.29 is 18.4 Å². The Bertz CT molecular complexity index is 1120. The molecule has 31 heavy (non-hydrogen) atoms. The number of hydrogen-bond donors (Lipinski definition) is 1. The number of hydrogen-bond acceptors (Lipinski definition) is 7. The van der Waals surface area contributed by atoms with E-state index in [9.17, 15) is 14.0 Å². The summed E-state index contributed by atoms with van der Waals surface area (Å²) in [4.78, 5) is 31.5. The number of nitrogens with zero attached hydrogens (tertiary/aromatic N) is 4. The molecular weight excluding hydrogens is 421 g/mol. The van der Waals surface area contributed by atoms with Gasteiger partial charge in [0.25, 0.3) is 5.91 Å². The number of nitrogens with two attached hydrogens (primary N) is 1. The van der Waals surface area contributed by atoms with E-state index in [1.165, 1.54) is 34.8 Å². The minimum atomic E-state index is -0.535. The molecule has 2 atom stereocenters. The fourth-order valence-electron chi connectivity index (χ4n) is 4.24. The summed E-state index contributed by atoms with van der Waals surface area (Å²) in [6.45, 7) is 1.18. The van der Waals surface area contributed by atoms with E-state index in [0.29, 0.717) is 48.2 Å². The molecular formula is C21H20FN5O3S. The highest BCUT2D eigenvalue weighted by Crippen LogP contribution is 2.42. The highest BCUT2D eigenvalue weighted by Gasteiger charge is 2.44. The van der Waals surface area contributed by atoms with Gasteiger partial charge in [0.2, 0.25) is 11.7 Å². The van der Waals surface area contributed by atoms with E-state index in [0.717, 1.165) is 0 Å². The Morgan fingerprint density at radius 3 is 2.71 bits per heavy atom. The summed E-state index contributed by atoms with van der Waals surface area (Å²) in [6, 6.07) is 9.39. The smallest absolute Gasteiger partial charge is 0.264 e. The van der Waals surface area contributed by atoms with Crippen molar-refractivity contribution in [3.8, 4) is 11.6 Å². The third-order valence-corrected chi connectivity index (χ3v) is 6.99. The molecule has 10 heteroatoms. The van der Waals surface area contributed by atoms with Gasteiger partial charge in [-0.1, -0.05) is 23.9 Å². The average molecular weight is 441 g/mol. The molecule has 2 unspecified atom stereocenters. The number of carbonyl (C=O) groups is 2. The number of rotatable bonds is 5. The number of halogens is 1. The van der Waals surface area contributed by atoms with E-state index in [1.54, 1.807) is 18.2 Å². The lowest BCUT2D eigenvalue weighted by Crippen LogP contribution is -2.45. The monoisotopic (exact) mass is 441 g/mol. The van der Waals surface area contributed by atoms with Crippen LogP contribution >= 0.6 is 11.8 Å². The van der Waals surface area contributed by atoms with Crippen LogP contribution in [0.25, 0.3) is 11.6 Å². The third-order valence-electron chi connectivity index (χ3n) is 5.81. The van der Waals surface area contributed by atoms with E-state index in [1.807, 2.05) is 6.07 Å². The molecule has 1 amide bonds. The quantitative estimate of drug-likeness (QED) is 0.649. The zero-order chi connectivity index (χ0) is 21.5. The van der Waals surface area contributed by atoms with Crippen molar-refractivity contribution in [2.24, 2.45) is 11.7 Å². The number of aromatic nitrogens is 3. The summed E-state index contributed by atoms with van der Waals surface area (Å²) in [5.74, 6) is -0.212. The van der Waals surface area contributed by atoms with Gasteiger partial charge < -0.3 is 10.2 Å². The van der Waals surface area contributed by atoms with Crippen molar-refractivity contribution in [3.63, 3.8) is 0 Å². The van der Waals surface area contributed by atoms with Gasteiger partial charge >= 0.3 is 0 Å². The van der Waals surface area contributed by atoms with Crippen LogP contribution in [0.3, 0.4) is 0 Å². The van der Waals surface area contributed by atoms with Gasteiger partial charge in [0.15, 0.2) is 10.9 Å². The van der Waals surface area contributed by atoms with Crippen LogP contribution in [-0.2, 0) is 4.79 Å². The largest absolute Gasteiger partial charge is 0.461 e. The van der Waals surface area contributed by atoms with Crippen LogP contribution in [-0.4, -0.2) is 49.8 Å². The van der Waals surface area contributed by atoms with Gasteiger partial charge in [0, 0.05) is 5.92 Å². The Morgan fingerprint density at radius 1 is 1.26 bits per heavy atom. The first kappa shape index (κ1) is 20.0. The van der Waals surface area contributed by atoms with Gasteiger partial charge in [-0.15, -0.1) is 5.10 Å². The number of amides is 1. The van der Waals surface area contributed by atoms with Crippen LogP contribution in [0.1, 0.15) is 29.2 Å². The van der Waals surface area contributed by atoms with E-state index in [-0.39, 0.29) is 29.6 Å². The van der Waals surface area contributed by atoms with Crippen LogP contribution in [0.5, 0.6) is 0 Å². The predicted molar refractivity (Wildman–Crippen MR) is 111 cm³/mol. The van der Waals surface area contributed by atoms with E-state index < -0.39 is 5.25 Å². The minimum Gasteiger partial charge on any atom is -0.461 e. The van der Waals surface area contributed by atoms with Gasteiger partial charge in [-0.2, -0.15) is 9.67 Å². The Kier molecular flexibility index (Phi) is 5.11. The maximum Gasteiger partial charge on any atom is 0.264 e. The second-order valence-corrected chi connectivity index (χ2v) is 8.80. The number of likely N-dealkylation sites (tertiary alicyclic amines) is 1. The maximum absolute atomic E-state index is 14.0. The first-order chi connectivity index (χ1) is 15.0. The SMILES string of the molecule is NC(=O)C1CCN(C(c2cccc(F)c2)C2Sc3nc(-c4ccco4)nn3C2=O)CC1. The molecule has 0 bridgehead atoms. The molecule has 4 heterocycles. The van der Waals surface area contributed by atoms with Crippen LogP contribution < -0.4 is 5.73 Å². The molecule has 1 aromatic carbocycles. The van der Waals surface area contributed by atoms with Gasteiger partial charge in [0.1, 0.15) is 11.1 Å². The first-order valence-electron chi connectivity index (χ1n) is 10.0. The van der Waals surface area contributed by atoms with Crippen molar-refractivity contribution in [1.82, 2.24) is 19.7 Å². The number of fused-ring (bicyclic) bond motifs is 1. The van der Waals surface area contributed by atoms with E-state index in [4.69, 9.17) is 10.2 Å². The van der Waals surface area contributed by atoms with E-state index >= 15 is 0 Å². The van der Waals surface area contributed by atoms with Crippen LogP contribution in [0.2, 0.25) is 0 Å². The highest BCUT2D eigenvalue weighted by molar-refractivity contribution is 8.00. The molecule has 0 saturated carbocycles. The predicted octanol–water partition coefficient (Wildman–Crippen LogP) is 2.73. The first-order valence-corrected chi connectivity index (χ1v) is 10.9. The van der Waals surface area contributed by atoms with Crippen molar-refractivity contribution in [3.05, 3.63) is 54.0 Å². The minimum absolute atomic E-state index is 0.177. The molecule has 8 nitrogen and oxygen atoms in total. The Balaban J connectivity index is 1.45. The van der Waals surface area contributed by atoms with Crippen molar-refractivity contribution in [1.29, 1.82) is 0 Å². The molecule has 2 N–H and O–H groups in total. The van der Waals surface area contributed by atoms with Crippen LogP contribution in [0, 0.1) is 11.7 Å². The van der Waals surface area contributed by atoms with Gasteiger partial charge in [0.05, 0.1) is 12.3 Å². The lowest BCUT2D eigenvalue weighted by atomic mass is 9.92. The van der Waals surface area contributed by atoms with Crippen molar-refractivity contribution in [2.75, 3.05) is 13.1 Å². The molecule has 1 saturated heterocycles. The number of furan rings is 1. The van der Waals surface area contributed by atoms with Gasteiger partial charge in [-0.3, -0.25) is 14.5 Å². The number of primary amides is 1. The molecule has 0 spiro atoms. The van der Waals surface area contributed by atoms with Crippen molar-refractivity contribution in [2.45, 2.75) is 29.3 Å². The summed E-state index contributed by atoms with van der Waals surface area (Å²) in [6.07, 6.45) is 2.74. The molecule has 1 fully saturated rings. The zero-order valence-corrected chi connectivity index (χ0v) is 17.3. The molecule has 2 aliphatic heterocycles. The van der Waals surface area contributed by atoms with Gasteiger partial charge in [-0.25, -0.2) is 4.39 Å². The molecule has 3 aromatic rings. The zero-order valence-electron chi connectivity index (χ0n) is 16.5. The summed E-state index contributed by atoms with van der Waals surface area (Å²) in [5.41, 5.74) is 6.18. The van der Waals surface area contributed by atoms with Crippen LogP contribution in [0.4, 0.5) is 4.39 Å². The Labute approximate surface area is 181 Å². The molecule has 2 aliphatic rings. The normalized spacial score (nSPS) is 20.7. The molecule has 160 valence electrons. The number of piperidine rings is 1. The summed E-state index contributed by atoms with van der Waals surface area (Å²) < 4.78 is 20.7. The van der Waals surface area contributed by atoms with E-state index in [2.05, 4.69) is 15.0 Å². The number of benzene rings is 1. The summed E-state index contributed by atoms with van der Waals surface area (Å²) in [7, 11) is 0. The average Bonchev–Trinajstić information content (AvgIpc) is 3.48. The standard InChI is InChI=1S/C21H20FN5O3S/c22-14-4-1-3-13(11-14)16(26-8-6-12(7-9-26)18(23)28)17-20(29)27-21(31-17)24-19(25-27)15-5-2-10-30-15/h1-5,10-12,16-17H,6-9H2,(H2,23,28).